The lowest BCUT2D eigenvalue weighted by Gasteiger charge is -2.32. The maximum atomic E-state index is 12.8. The minimum absolute atomic E-state index is 0.0180. The van der Waals surface area contributed by atoms with E-state index in [0.29, 0.717) is 0 Å². The van der Waals surface area contributed by atoms with Gasteiger partial charge in [-0.05, 0) is 39.0 Å². The van der Waals surface area contributed by atoms with Crippen LogP contribution in [0.15, 0.2) is 34.2 Å². The van der Waals surface area contributed by atoms with Gasteiger partial charge in [0, 0.05) is 11.9 Å². The third-order valence-corrected chi connectivity index (χ3v) is 5.94. The van der Waals surface area contributed by atoms with Gasteiger partial charge in [0.15, 0.2) is 9.84 Å². The molecule has 0 aliphatic carbocycles. The zero-order chi connectivity index (χ0) is 22.9. The Morgan fingerprint density at radius 1 is 1.20 bits per heavy atom. The van der Waals surface area contributed by atoms with Crippen LogP contribution in [0.4, 0.5) is 16.2 Å². The van der Waals surface area contributed by atoms with Crippen LogP contribution in [0.2, 0.25) is 0 Å². The largest absolute Gasteiger partial charge is 0.469 e. The van der Waals surface area contributed by atoms with Crippen molar-refractivity contribution in [2.45, 2.75) is 37.7 Å². The minimum Gasteiger partial charge on any atom is -0.469 e. The molecule has 0 saturated heterocycles. The summed E-state index contributed by atoms with van der Waals surface area (Å²) in [6, 6.07) is 3.99. The molecule has 0 fully saturated rings. The van der Waals surface area contributed by atoms with Crippen molar-refractivity contribution in [1.29, 1.82) is 0 Å². The van der Waals surface area contributed by atoms with Crippen LogP contribution in [0, 0.1) is 0 Å². The number of benzene rings is 1. The zero-order valence-electron chi connectivity index (χ0n) is 17.3. The highest BCUT2D eigenvalue weighted by Gasteiger charge is 2.36. The number of rotatable bonds is 5. The van der Waals surface area contributed by atoms with E-state index in [0.717, 1.165) is 23.7 Å². The molecular weight excluding hydrogens is 436 g/mol. The molecule has 1 N–H and O–H groups in total. The predicted molar refractivity (Wildman–Crippen MR) is 110 cm³/mol. The van der Waals surface area contributed by atoms with Gasteiger partial charge in [0.25, 0.3) is 0 Å². The van der Waals surface area contributed by atoms with Crippen LogP contribution in [0.25, 0.3) is 0 Å². The first-order chi connectivity index (χ1) is 13.6. The number of sulfone groups is 2. The van der Waals surface area contributed by atoms with Crippen LogP contribution in [-0.4, -0.2) is 53.7 Å². The molecule has 0 radical (unpaired) electrons. The van der Waals surface area contributed by atoms with Gasteiger partial charge >= 0.3 is 12.1 Å². The summed E-state index contributed by atoms with van der Waals surface area (Å²) in [5.74, 6) is -1.13. The third kappa shape index (κ3) is 5.95. The number of carbonyl (C=O) groups excluding carboxylic acids is 2. The van der Waals surface area contributed by atoms with Crippen LogP contribution >= 0.6 is 0 Å². The van der Waals surface area contributed by atoms with Gasteiger partial charge in [0.1, 0.15) is 11.5 Å². The van der Waals surface area contributed by atoms with Gasteiger partial charge in [-0.15, -0.1) is 0 Å². The average Bonchev–Trinajstić information content (AvgIpc) is 2.57. The molecule has 10 nitrogen and oxygen atoms in total. The lowest BCUT2D eigenvalue weighted by molar-refractivity contribution is -0.139. The number of esters is 1. The number of anilines is 2. The molecule has 0 aromatic heterocycles. The topological polar surface area (TPSA) is 136 Å². The molecule has 0 saturated carbocycles. The monoisotopic (exact) mass is 460 g/mol. The van der Waals surface area contributed by atoms with Crippen molar-refractivity contribution in [3.05, 3.63) is 29.3 Å². The molecule has 1 aliphatic heterocycles. The summed E-state index contributed by atoms with van der Waals surface area (Å²) in [7, 11) is -6.25. The van der Waals surface area contributed by atoms with Gasteiger partial charge in [-0.1, -0.05) is 0 Å². The SMILES string of the molecule is COC(=O)CC1=CS(=O)(=O)c2cc(NCS(C)(=O)=O)ccc2N1C(=O)OC(C)(C)C. The normalized spacial score (nSPS) is 15.6. The Balaban J connectivity index is 2.57. The van der Waals surface area contributed by atoms with Crippen molar-refractivity contribution < 1.29 is 35.9 Å². The zero-order valence-corrected chi connectivity index (χ0v) is 18.9. The number of fused-ring (bicyclic) bond motifs is 1. The molecule has 0 spiro atoms. The van der Waals surface area contributed by atoms with Gasteiger partial charge in [-0.25, -0.2) is 26.5 Å². The van der Waals surface area contributed by atoms with Crippen molar-refractivity contribution >= 4 is 43.1 Å². The van der Waals surface area contributed by atoms with E-state index in [1.54, 1.807) is 20.8 Å². The highest BCUT2D eigenvalue weighted by atomic mass is 32.2. The van der Waals surface area contributed by atoms with Crippen LogP contribution < -0.4 is 10.2 Å². The van der Waals surface area contributed by atoms with Crippen molar-refractivity contribution in [2.75, 3.05) is 29.5 Å². The Morgan fingerprint density at radius 2 is 1.83 bits per heavy atom. The molecule has 1 aromatic carbocycles. The van der Waals surface area contributed by atoms with Gasteiger partial charge in [-0.2, -0.15) is 0 Å². The number of amides is 1. The van der Waals surface area contributed by atoms with Crippen LogP contribution in [0.5, 0.6) is 0 Å². The molecule has 1 aromatic rings. The van der Waals surface area contributed by atoms with Gasteiger partial charge in [0.05, 0.1) is 35.2 Å². The summed E-state index contributed by atoms with van der Waals surface area (Å²) in [4.78, 5) is 25.4. The minimum atomic E-state index is -4.04. The predicted octanol–water partition coefficient (Wildman–Crippen LogP) is 2.03. The smallest absolute Gasteiger partial charge is 0.419 e. The number of nitrogens with one attached hydrogen (secondary N) is 1. The average molecular weight is 461 g/mol. The lowest BCUT2D eigenvalue weighted by Crippen LogP contribution is -2.39. The summed E-state index contributed by atoms with van der Waals surface area (Å²) in [6.07, 6.45) is -0.311. The number of hydrogen-bond acceptors (Lipinski definition) is 9. The number of ether oxygens (including phenoxy) is 2. The van der Waals surface area contributed by atoms with Crippen molar-refractivity contribution in [3.8, 4) is 0 Å². The standard InChI is InChI=1S/C18H24N2O8S2/c1-18(2,3)28-17(22)20-13(9-16(21)27-4)10-30(25,26)15-8-12(6-7-14(15)20)19-11-29(5,23)24/h6-8,10,19H,9,11H2,1-5H3. The first-order valence-corrected chi connectivity index (χ1v) is 12.3. The van der Waals surface area contributed by atoms with Crippen molar-refractivity contribution in [1.82, 2.24) is 0 Å². The molecule has 1 amide bonds. The van der Waals surface area contributed by atoms with Gasteiger partial charge in [-0.3, -0.25) is 4.79 Å². The number of methoxy groups -OCH3 is 1. The van der Waals surface area contributed by atoms with Crippen LogP contribution in [0.3, 0.4) is 0 Å². The maximum absolute atomic E-state index is 12.8. The molecule has 1 aliphatic rings. The number of carbonyl (C=O) groups is 2. The summed E-state index contributed by atoms with van der Waals surface area (Å²) in [5.41, 5.74) is -0.784. The molecule has 166 valence electrons. The molecule has 0 atom stereocenters. The Labute approximate surface area is 175 Å². The van der Waals surface area contributed by atoms with E-state index in [2.05, 4.69) is 10.1 Å². The first-order valence-electron chi connectivity index (χ1n) is 8.74. The summed E-state index contributed by atoms with van der Waals surface area (Å²) in [5, 5.41) is 3.43. The molecule has 30 heavy (non-hydrogen) atoms. The molecule has 2 rings (SSSR count). The lowest BCUT2D eigenvalue weighted by atomic mass is 10.2. The third-order valence-electron chi connectivity index (χ3n) is 3.75. The Kier molecular flexibility index (Phi) is 6.52. The van der Waals surface area contributed by atoms with Crippen LogP contribution in [0.1, 0.15) is 27.2 Å². The second-order valence-corrected chi connectivity index (χ2v) is 11.6. The van der Waals surface area contributed by atoms with Crippen molar-refractivity contribution in [3.63, 3.8) is 0 Å². The van der Waals surface area contributed by atoms with E-state index in [-0.39, 0.29) is 22.0 Å². The molecule has 0 unspecified atom stereocenters. The fourth-order valence-electron chi connectivity index (χ4n) is 2.57. The molecule has 0 bridgehead atoms. The Bertz CT molecular complexity index is 1100. The Hall–Kier alpha value is -2.60. The first kappa shape index (κ1) is 23.7. The summed E-state index contributed by atoms with van der Waals surface area (Å²) in [6.45, 7) is 4.94. The second-order valence-electron chi connectivity index (χ2n) is 7.65. The van der Waals surface area contributed by atoms with E-state index in [1.807, 2.05) is 0 Å². The van der Waals surface area contributed by atoms with Crippen molar-refractivity contribution in [2.24, 2.45) is 0 Å². The summed E-state index contributed by atoms with van der Waals surface area (Å²) >= 11 is 0. The highest BCUT2D eigenvalue weighted by Crippen LogP contribution is 2.38. The van der Waals surface area contributed by atoms with E-state index < -0.39 is 49.6 Å². The van der Waals surface area contributed by atoms with E-state index in [4.69, 9.17) is 4.74 Å². The second kappa shape index (κ2) is 8.26. The molecule has 12 heteroatoms. The molecular formula is C18H24N2O8S2. The van der Waals surface area contributed by atoms with Gasteiger partial charge in [0.2, 0.25) is 9.84 Å². The number of hydrogen-bond donors (Lipinski definition) is 1. The number of nitrogens with zero attached hydrogens (tertiary/aromatic N) is 1. The van der Waals surface area contributed by atoms with Gasteiger partial charge < -0.3 is 14.8 Å². The Morgan fingerprint density at radius 3 is 2.37 bits per heavy atom. The van der Waals surface area contributed by atoms with E-state index in [9.17, 15) is 26.4 Å². The van der Waals surface area contributed by atoms with Crippen LogP contribution in [-0.2, 0) is 33.9 Å². The highest BCUT2D eigenvalue weighted by molar-refractivity contribution is 7.94. The fraction of sp³-hybridized carbons (Fsp3) is 0.444. The van der Waals surface area contributed by atoms with E-state index >= 15 is 0 Å². The summed E-state index contributed by atoms with van der Waals surface area (Å²) < 4.78 is 58.3. The van der Waals surface area contributed by atoms with E-state index in [1.165, 1.54) is 18.2 Å². The fourth-order valence-corrected chi connectivity index (χ4v) is 4.41. The molecule has 1 heterocycles. The maximum Gasteiger partial charge on any atom is 0.419 e. The quantitative estimate of drug-likeness (QED) is 0.654.